The second kappa shape index (κ2) is 10.1. The Bertz CT molecular complexity index is 997. The van der Waals surface area contributed by atoms with Crippen molar-refractivity contribution in [1.82, 2.24) is 0 Å². The van der Waals surface area contributed by atoms with Crippen LogP contribution in [0.15, 0.2) is 42.0 Å². The summed E-state index contributed by atoms with van der Waals surface area (Å²) >= 11 is 6.12. The minimum absolute atomic E-state index is 0.0987. The van der Waals surface area contributed by atoms with E-state index in [1.54, 1.807) is 18.2 Å². The van der Waals surface area contributed by atoms with Crippen molar-refractivity contribution in [2.75, 3.05) is 5.32 Å². The zero-order valence-electron chi connectivity index (χ0n) is 18.3. The Hall–Kier alpha value is -2.42. The molecule has 2 N–H and O–H groups in total. The van der Waals surface area contributed by atoms with Gasteiger partial charge in [-0.2, -0.15) is 13.2 Å². The third-order valence-electron chi connectivity index (χ3n) is 6.46. The number of aliphatic carboxylic acids is 1. The van der Waals surface area contributed by atoms with Crippen LogP contribution in [0.1, 0.15) is 38.2 Å². The monoisotopic (exact) mass is 505 g/mol. The first kappa shape index (κ1) is 26.2. The van der Waals surface area contributed by atoms with E-state index >= 15 is 0 Å². The van der Waals surface area contributed by atoms with E-state index in [1.807, 2.05) is 0 Å². The van der Waals surface area contributed by atoms with E-state index in [9.17, 15) is 31.5 Å². The molecule has 0 bridgehead atoms. The van der Waals surface area contributed by atoms with Crippen LogP contribution >= 0.6 is 11.6 Å². The summed E-state index contributed by atoms with van der Waals surface area (Å²) in [6.45, 7) is 0.939. The fourth-order valence-electron chi connectivity index (χ4n) is 4.41. The molecular weight excluding hydrogens is 481 g/mol. The Morgan fingerprint density at radius 1 is 1.26 bits per heavy atom. The van der Waals surface area contributed by atoms with Gasteiger partial charge in [-0.1, -0.05) is 42.8 Å². The molecule has 4 nitrogen and oxygen atoms in total. The van der Waals surface area contributed by atoms with Crippen LogP contribution in [-0.4, -0.2) is 29.1 Å². The third-order valence-corrected chi connectivity index (χ3v) is 6.79. The number of halogens is 6. The number of anilines is 1. The number of hydrogen-bond donors (Lipinski definition) is 2. The number of carboxylic acid groups (broad SMARTS) is 1. The maximum Gasteiger partial charge on any atom is 0.392 e. The SMILES string of the molecule is C[C@H]([C@H](C(=O)Nc1cc(CCC(=O)O)ccc1Cl)C1C=CC(C2CC(F)(F)C2)=CC1)C(F)(F)F. The molecule has 186 valence electrons. The molecule has 1 fully saturated rings. The zero-order valence-corrected chi connectivity index (χ0v) is 19.1. The summed E-state index contributed by atoms with van der Waals surface area (Å²) in [5, 5.41) is 11.4. The molecule has 0 heterocycles. The molecule has 3 rings (SSSR count). The predicted octanol–water partition coefficient (Wildman–Crippen LogP) is 6.66. The largest absolute Gasteiger partial charge is 0.481 e. The fraction of sp³-hybridized carbons (Fsp3) is 0.500. The van der Waals surface area contributed by atoms with Crippen LogP contribution in [0.25, 0.3) is 0 Å². The van der Waals surface area contributed by atoms with E-state index in [2.05, 4.69) is 5.32 Å². The number of hydrogen-bond acceptors (Lipinski definition) is 2. The summed E-state index contributed by atoms with van der Waals surface area (Å²) in [5.74, 6) is -9.15. The Kier molecular flexibility index (Phi) is 7.75. The van der Waals surface area contributed by atoms with E-state index in [1.165, 1.54) is 18.2 Å². The average molecular weight is 506 g/mol. The van der Waals surface area contributed by atoms with Gasteiger partial charge in [0.2, 0.25) is 11.8 Å². The molecule has 1 amide bonds. The lowest BCUT2D eigenvalue weighted by atomic mass is 9.71. The van der Waals surface area contributed by atoms with Crippen LogP contribution in [0.5, 0.6) is 0 Å². The van der Waals surface area contributed by atoms with Gasteiger partial charge in [-0.3, -0.25) is 9.59 Å². The zero-order chi connectivity index (χ0) is 25.3. The molecule has 1 unspecified atom stereocenters. The summed E-state index contributed by atoms with van der Waals surface area (Å²) < 4.78 is 67.3. The number of benzene rings is 1. The second-order valence-electron chi connectivity index (χ2n) is 8.98. The highest BCUT2D eigenvalue weighted by Crippen LogP contribution is 2.48. The highest BCUT2D eigenvalue weighted by atomic mass is 35.5. The minimum atomic E-state index is -4.64. The highest BCUT2D eigenvalue weighted by molar-refractivity contribution is 6.33. The molecular formula is C24H25ClF5NO3. The van der Waals surface area contributed by atoms with E-state index in [0.29, 0.717) is 11.1 Å². The molecule has 1 saturated carbocycles. The van der Waals surface area contributed by atoms with Crippen molar-refractivity contribution in [2.45, 2.75) is 51.1 Å². The normalized spacial score (nSPS) is 21.9. The molecule has 1 aromatic rings. The van der Waals surface area contributed by atoms with E-state index in [4.69, 9.17) is 16.7 Å². The molecule has 0 spiro atoms. The summed E-state index contributed by atoms with van der Waals surface area (Å²) in [6, 6.07) is 4.47. The van der Waals surface area contributed by atoms with Gasteiger partial charge < -0.3 is 10.4 Å². The molecule has 0 aliphatic heterocycles. The number of carboxylic acids is 1. The van der Waals surface area contributed by atoms with Crippen LogP contribution in [0, 0.1) is 23.7 Å². The molecule has 1 aromatic carbocycles. The first-order chi connectivity index (χ1) is 15.8. The topological polar surface area (TPSA) is 66.4 Å². The highest BCUT2D eigenvalue weighted by Gasteiger charge is 2.49. The summed E-state index contributed by atoms with van der Waals surface area (Å²) in [6.07, 6.45) is -0.371. The first-order valence-electron chi connectivity index (χ1n) is 10.9. The van der Waals surface area contributed by atoms with Gasteiger partial charge in [0.15, 0.2) is 0 Å². The van der Waals surface area contributed by atoms with Crippen LogP contribution in [-0.2, 0) is 16.0 Å². The van der Waals surface area contributed by atoms with Gasteiger partial charge in [-0.25, -0.2) is 8.78 Å². The van der Waals surface area contributed by atoms with Crippen molar-refractivity contribution in [2.24, 2.45) is 23.7 Å². The van der Waals surface area contributed by atoms with Crippen molar-refractivity contribution in [1.29, 1.82) is 0 Å². The first-order valence-corrected chi connectivity index (χ1v) is 11.3. The van der Waals surface area contributed by atoms with Crippen molar-refractivity contribution in [3.8, 4) is 0 Å². The molecule has 0 saturated heterocycles. The lowest BCUT2D eigenvalue weighted by Crippen LogP contribution is -2.41. The summed E-state index contributed by atoms with van der Waals surface area (Å²) in [4.78, 5) is 23.9. The standard InChI is InChI=1S/C24H25ClF5NO3/c1-13(24(28,29)30)21(16-6-4-15(5-7-16)17-11-23(26,27)12-17)22(34)31-19-10-14(2-8-18(19)25)3-9-20(32)33/h2,4-6,8,10,13,16-17,21H,3,7,9,11-12H2,1H3,(H,31,34)(H,32,33)/t13-,16?,21+/m1/s1. The number of nitrogens with one attached hydrogen (secondary N) is 1. The number of carbonyl (C=O) groups excluding carboxylic acids is 1. The number of carbonyl (C=O) groups is 2. The third kappa shape index (κ3) is 6.37. The molecule has 0 radical (unpaired) electrons. The Balaban J connectivity index is 1.77. The van der Waals surface area contributed by atoms with Crippen molar-refractivity contribution in [3.63, 3.8) is 0 Å². The van der Waals surface area contributed by atoms with Gasteiger partial charge in [-0.05, 0) is 47.9 Å². The number of amides is 1. The number of rotatable bonds is 8. The summed E-state index contributed by atoms with van der Waals surface area (Å²) in [7, 11) is 0. The van der Waals surface area contributed by atoms with Gasteiger partial charge in [0.25, 0.3) is 0 Å². The van der Waals surface area contributed by atoms with Gasteiger partial charge in [0.05, 0.1) is 22.5 Å². The van der Waals surface area contributed by atoms with Crippen LogP contribution in [0.2, 0.25) is 5.02 Å². The van der Waals surface area contributed by atoms with Gasteiger partial charge in [0, 0.05) is 19.3 Å². The van der Waals surface area contributed by atoms with E-state index in [0.717, 1.165) is 6.92 Å². The number of allylic oxidation sites excluding steroid dienone is 4. The quantitative estimate of drug-likeness (QED) is 0.388. The van der Waals surface area contributed by atoms with Gasteiger partial charge in [-0.15, -0.1) is 0 Å². The van der Waals surface area contributed by atoms with E-state index in [-0.39, 0.29) is 48.7 Å². The Morgan fingerprint density at radius 3 is 2.47 bits per heavy atom. The van der Waals surface area contributed by atoms with Crippen LogP contribution in [0.4, 0.5) is 27.6 Å². The lowest BCUT2D eigenvalue weighted by Gasteiger charge is -2.38. The Labute approximate surface area is 198 Å². The predicted molar refractivity (Wildman–Crippen MR) is 118 cm³/mol. The van der Waals surface area contributed by atoms with Gasteiger partial charge in [0.1, 0.15) is 0 Å². The molecule has 34 heavy (non-hydrogen) atoms. The maximum absolute atomic E-state index is 13.6. The summed E-state index contributed by atoms with van der Waals surface area (Å²) in [5.41, 5.74) is 1.32. The molecule has 10 heteroatoms. The molecule has 2 aliphatic rings. The molecule has 2 aliphatic carbocycles. The van der Waals surface area contributed by atoms with Crippen molar-refractivity contribution < 1.29 is 36.6 Å². The maximum atomic E-state index is 13.6. The average Bonchev–Trinajstić information content (AvgIpc) is 2.72. The Morgan fingerprint density at radius 2 is 1.94 bits per heavy atom. The second-order valence-corrected chi connectivity index (χ2v) is 9.38. The van der Waals surface area contributed by atoms with Gasteiger partial charge >= 0.3 is 12.1 Å². The molecule has 0 aromatic heterocycles. The lowest BCUT2D eigenvalue weighted by molar-refractivity contribution is -0.188. The van der Waals surface area contributed by atoms with Crippen molar-refractivity contribution in [3.05, 3.63) is 52.6 Å². The molecule has 3 atom stereocenters. The minimum Gasteiger partial charge on any atom is -0.481 e. The number of alkyl halides is 5. The fourth-order valence-corrected chi connectivity index (χ4v) is 4.57. The van der Waals surface area contributed by atoms with E-state index < -0.39 is 41.7 Å². The number of aryl methyl sites for hydroxylation is 1. The smallest absolute Gasteiger partial charge is 0.392 e. The van der Waals surface area contributed by atoms with Crippen LogP contribution in [0.3, 0.4) is 0 Å². The van der Waals surface area contributed by atoms with Crippen molar-refractivity contribution >= 4 is 29.2 Å². The van der Waals surface area contributed by atoms with Crippen LogP contribution < -0.4 is 5.32 Å².